The molecule has 4 atom stereocenters. The number of rotatable bonds is 6. The standard InChI is InChI=1S/C25H23Cl2N3O3/c1-29(2)19-8-6-16(21(11-19)33-13-17-5-7-18(26)10-20(17)27)12-28-30-24(31)22-14-3-4-15(9-14)23(22)25(30)32/h3-8,10-12,14-15,22-23H,9,13H2,1-2H3. The molecule has 5 rings (SSSR count). The molecule has 4 unspecified atom stereocenters. The summed E-state index contributed by atoms with van der Waals surface area (Å²) in [5.74, 6) is -0.0981. The molecule has 0 spiro atoms. The number of fused-ring (bicyclic) bond motifs is 5. The third-order valence-electron chi connectivity index (χ3n) is 6.67. The highest BCUT2D eigenvalue weighted by Gasteiger charge is 2.59. The van der Waals surface area contributed by atoms with Crippen molar-refractivity contribution >= 4 is 46.9 Å². The van der Waals surface area contributed by atoms with Gasteiger partial charge < -0.3 is 9.64 Å². The number of benzene rings is 2. The number of carbonyl (C=O) groups is 2. The summed E-state index contributed by atoms with van der Waals surface area (Å²) in [7, 11) is 3.87. The van der Waals surface area contributed by atoms with Crippen molar-refractivity contribution < 1.29 is 14.3 Å². The molecule has 2 aliphatic carbocycles. The van der Waals surface area contributed by atoms with Crippen LogP contribution in [0.1, 0.15) is 17.5 Å². The maximum Gasteiger partial charge on any atom is 0.254 e. The molecule has 1 aliphatic heterocycles. The zero-order valence-electron chi connectivity index (χ0n) is 18.2. The normalized spacial score (nSPS) is 25.4. The molecule has 170 valence electrons. The minimum Gasteiger partial charge on any atom is -0.488 e. The maximum atomic E-state index is 12.9. The fourth-order valence-corrected chi connectivity index (χ4v) is 5.41. The second-order valence-electron chi connectivity index (χ2n) is 8.87. The van der Waals surface area contributed by atoms with E-state index in [0.29, 0.717) is 21.4 Å². The number of halogens is 2. The van der Waals surface area contributed by atoms with Crippen molar-refractivity contribution in [3.8, 4) is 5.75 Å². The second kappa shape index (κ2) is 8.50. The van der Waals surface area contributed by atoms with Crippen molar-refractivity contribution in [3.05, 3.63) is 69.7 Å². The molecule has 8 heteroatoms. The van der Waals surface area contributed by atoms with E-state index in [4.69, 9.17) is 27.9 Å². The third kappa shape index (κ3) is 3.91. The van der Waals surface area contributed by atoms with Gasteiger partial charge in [-0.1, -0.05) is 41.4 Å². The third-order valence-corrected chi connectivity index (χ3v) is 7.26. The van der Waals surface area contributed by atoms with Crippen LogP contribution in [0.4, 0.5) is 5.69 Å². The van der Waals surface area contributed by atoms with Gasteiger partial charge in [0.25, 0.3) is 11.8 Å². The van der Waals surface area contributed by atoms with Crippen molar-refractivity contribution in [3.63, 3.8) is 0 Å². The molecular formula is C25H23Cl2N3O3. The number of imide groups is 1. The van der Waals surface area contributed by atoms with Crippen LogP contribution in [0.2, 0.25) is 10.0 Å². The SMILES string of the molecule is CN(C)c1ccc(C=NN2C(=O)C3C4C=CC(C4)C3C2=O)c(OCc2ccc(Cl)cc2Cl)c1. The quantitative estimate of drug-likeness (QED) is 0.337. The van der Waals surface area contributed by atoms with Gasteiger partial charge in [-0.15, -0.1) is 0 Å². The van der Waals surface area contributed by atoms with Gasteiger partial charge in [-0.3, -0.25) is 9.59 Å². The lowest BCUT2D eigenvalue weighted by atomic mass is 9.85. The molecule has 0 N–H and O–H groups in total. The first-order chi connectivity index (χ1) is 15.8. The number of hydrazone groups is 1. The lowest BCUT2D eigenvalue weighted by molar-refractivity contribution is -0.140. The first-order valence-electron chi connectivity index (χ1n) is 10.8. The second-order valence-corrected chi connectivity index (χ2v) is 9.72. The van der Waals surface area contributed by atoms with Gasteiger partial charge in [-0.25, -0.2) is 0 Å². The van der Waals surface area contributed by atoms with Crippen LogP contribution in [-0.2, 0) is 16.2 Å². The largest absolute Gasteiger partial charge is 0.488 e. The maximum absolute atomic E-state index is 12.9. The Kier molecular flexibility index (Phi) is 5.67. The lowest BCUT2D eigenvalue weighted by Crippen LogP contribution is -2.28. The Morgan fingerprint density at radius 3 is 2.39 bits per heavy atom. The van der Waals surface area contributed by atoms with E-state index in [1.807, 2.05) is 43.3 Å². The van der Waals surface area contributed by atoms with Crippen molar-refractivity contribution in [1.29, 1.82) is 0 Å². The monoisotopic (exact) mass is 483 g/mol. The van der Waals surface area contributed by atoms with Gasteiger partial charge in [-0.2, -0.15) is 10.1 Å². The van der Waals surface area contributed by atoms with Gasteiger partial charge in [-0.05, 0) is 42.5 Å². The number of hydrogen-bond donors (Lipinski definition) is 0. The van der Waals surface area contributed by atoms with Crippen LogP contribution in [0.15, 0.2) is 53.7 Å². The van der Waals surface area contributed by atoms with E-state index in [1.54, 1.807) is 12.1 Å². The topological polar surface area (TPSA) is 62.2 Å². The molecule has 1 saturated carbocycles. The number of anilines is 1. The molecule has 2 aromatic rings. The highest BCUT2D eigenvalue weighted by molar-refractivity contribution is 6.35. The van der Waals surface area contributed by atoms with E-state index >= 15 is 0 Å². The minimum absolute atomic E-state index is 0.152. The summed E-state index contributed by atoms with van der Waals surface area (Å²) in [4.78, 5) is 27.8. The first-order valence-corrected chi connectivity index (χ1v) is 11.6. The minimum atomic E-state index is -0.275. The van der Waals surface area contributed by atoms with Crippen molar-refractivity contribution in [2.75, 3.05) is 19.0 Å². The van der Waals surface area contributed by atoms with E-state index in [0.717, 1.165) is 22.7 Å². The Bertz CT molecular complexity index is 1160. The van der Waals surface area contributed by atoms with Gasteiger partial charge in [0.15, 0.2) is 0 Å². The smallest absolute Gasteiger partial charge is 0.254 e. The lowest BCUT2D eigenvalue weighted by Gasteiger charge is -2.17. The van der Waals surface area contributed by atoms with Gasteiger partial charge in [0.1, 0.15) is 12.4 Å². The summed E-state index contributed by atoms with van der Waals surface area (Å²) in [6, 6.07) is 10.9. The number of ether oxygens (including phenoxy) is 1. The summed E-state index contributed by atoms with van der Waals surface area (Å²) in [6.07, 6.45) is 6.54. The molecule has 1 saturated heterocycles. The first kappa shape index (κ1) is 22.0. The highest BCUT2D eigenvalue weighted by Crippen LogP contribution is 2.52. The Morgan fingerprint density at radius 1 is 1.06 bits per heavy atom. The summed E-state index contributed by atoms with van der Waals surface area (Å²) in [5.41, 5.74) is 2.39. The number of amides is 2. The molecule has 2 aromatic carbocycles. The van der Waals surface area contributed by atoms with Crippen molar-refractivity contribution in [2.24, 2.45) is 28.8 Å². The molecule has 1 heterocycles. The highest BCUT2D eigenvalue weighted by atomic mass is 35.5. The van der Waals surface area contributed by atoms with E-state index in [-0.39, 0.29) is 42.1 Å². The summed E-state index contributed by atoms with van der Waals surface area (Å²) in [5, 5.41) is 6.41. The molecule has 0 aromatic heterocycles. The van der Waals surface area contributed by atoms with Crippen molar-refractivity contribution in [2.45, 2.75) is 13.0 Å². The molecule has 3 aliphatic rings. The molecular weight excluding hydrogens is 461 g/mol. The zero-order valence-corrected chi connectivity index (χ0v) is 19.8. The molecule has 0 radical (unpaired) electrons. The van der Waals surface area contributed by atoms with Crippen LogP contribution >= 0.6 is 23.2 Å². The molecule has 2 bridgehead atoms. The number of allylic oxidation sites excluding steroid dienone is 2. The van der Waals surface area contributed by atoms with Crippen LogP contribution < -0.4 is 9.64 Å². The van der Waals surface area contributed by atoms with Crippen LogP contribution in [0.3, 0.4) is 0 Å². The predicted octanol–water partition coefficient (Wildman–Crippen LogP) is 4.78. The molecule has 2 amide bonds. The van der Waals surface area contributed by atoms with Crippen molar-refractivity contribution in [1.82, 2.24) is 5.01 Å². The average molecular weight is 484 g/mol. The summed E-state index contributed by atoms with van der Waals surface area (Å²) >= 11 is 12.3. The van der Waals surface area contributed by atoms with Crippen LogP contribution in [0, 0.1) is 23.7 Å². The Balaban J connectivity index is 1.39. The summed E-state index contributed by atoms with van der Waals surface area (Å²) in [6.45, 7) is 0.231. The number of hydrogen-bond acceptors (Lipinski definition) is 5. The van der Waals surface area contributed by atoms with Gasteiger partial charge in [0.05, 0.1) is 18.1 Å². The van der Waals surface area contributed by atoms with Crippen LogP contribution in [0.25, 0.3) is 0 Å². The Hall–Kier alpha value is -2.83. The molecule has 33 heavy (non-hydrogen) atoms. The Morgan fingerprint density at radius 2 is 1.76 bits per heavy atom. The van der Waals surface area contributed by atoms with E-state index < -0.39 is 0 Å². The fraction of sp³-hybridized carbons (Fsp3) is 0.320. The fourth-order valence-electron chi connectivity index (χ4n) is 4.95. The van der Waals surface area contributed by atoms with Crippen LogP contribution in [-0.4, -0.2) is 37.1 Å². The van der Waals surface area contributed by atoms with E-state index in [2.05, 4.69) is 17.3 Å². The van der Waals surface area contributed by atoms with Gasteiger partial charge >= 0.3 is 0 Å². The van der Waals surface area contributed by atoms with E-state index in [9.17, 15) is 9.59 Å². The van der Waals surface area contributed by atoms with Gasteiger partial charge in [0, 0.05) is 47.0 Å². The molecule has 6 nitrogen and oxygen atoms in total. The Labute approximate surface area is 202 Å². The van der Waals surface area contributed by atoms with Crippen LogP contribution in [0.5, 0.6) is 5.75 Å². The number of nitrogens with zero attached hydrogens (tertiary/aromatic N) is 3. The number of carbonyl (C=O) groups excluding carboxylic acids is 2. The predicted molar refractivity (Wildman–Crippen MR) is 129 cm³/mol. The van der Waals surface area contributed by atoms with E-state index in [1.165, 1.54) is 6.21 Å². The zero-order chi connectivity index (χ0) is 23.3. The molecule has 2 fully saturated rings. The van der Waals surface area contributed by atoms with Gasteiger partial charge in [0.2, 0.25) is 0 Å². The average Bonchev–Trinajstić information content (AvgIpc) is 3.46. The summed E-state index contributed by atoms with van der Waals surface area (Å²) < 4.78 is 6.08.